The van der Waals surface area contributed by atoms with Gasteiger partial charge in [-0.3, -0.25) is 0 Å². The van der Waals surface area contributed by atoms with Crippen LogP contribution in [0.25, 0.3) is 0 Å². The molecule has 0 heterocycles. The number of benzene rings is 3. The SMILES string of the molecule is O=CC(NOS(=O)Cc1ccccc1)C(c1ccccc1)c1ccccc1. The molecule has 3 rings (SSSR count). The van der Waals surface area contributed by atoms with Crippen LogP contribution in [0.2, 0.25) is 0 Å². The third-order valence-electron chi connectivity index (χ3n) is 4.23. The van der Waals surface area contributed by atoms with Crippen LogP contribution in [0.15, 0.2) is 91.0 Å². The van der Waals surface area contributed by atoms with Crippen molar-refractivity contribution in [3.8, 4) is 0 Å². The highest BCUT2D eigenvalue weighted by Crippen LogP contribution is 2.27. The van der Waals surface area contributed by atoms with Gasteiger partial charge in [0, 0.05) is 5.92 Å². The Bertz CT molecular complexity index is 817. The van der Waals surface area contributed by atoms with Gasteiger partial charge in [0.05, 0.1) is 11.8 Å². The van der Waals surface area contributed by atoms with Gasteiger partial charge in [0.1, 0.15) is 6.29 Å². The topological polar surface area (TPSA) is 55.4 Å². The quantitative estimate of drug-likeness (QED) is 0.454. The molecule has 2 unspecified atom stereocenters. The number of hydrogen-bond donors (Lipinski definition) is 1. The highest BCUT2D eigenvalue weighted by atomic mass is 32.2. The van der Waals surface area contributed by atoms with E-state index in [4.69, 9.17) is 4.28 Å². The Kier molecular flexibility index (Phi) is 7.04. The van der Waals surface area contributed by atoms with Crippen molar-refractivity contribution in [2.24, 2.45) is 0 Å². The summed E-state index contributed by atoms with van der Waals surface area (Å²) in [5, 5.41) is 0. The molecule has 0 aliphatic heterocycles. The predicted molar refractivity (Wildman–Crippen MR) is 107 cm³/mol. The third kappa shape index (κ3) is 5.44. The number of nitrogens with one attached hydrogen (secondary N) is 1. The summed E-state index contributed by atoms with van der Waals surface area (Å²) in [7, 11) is 0. The van der Waals surface area contributed by atoms with Crippen LogP contribution in [-0.2, 0) is 25.9 Å². The predicted octanol–water partition coefficient (Wildman–Crippen LogP) is 3.77. The van der Waals surface area contributed by atoms with Crippen LogP contribution in [0.3, 0.4) is 0 Å². The Morgan fingerprint density at radius 3 is 1.78 bits per heavy atom. The zero-order valence-electron chi connectivity index (χ0n) is 14.7. The number of carbonyl (C=O) groups is 1. The van der Waals surface area contributed by atoms with Crippen molar-refractivity contribution in [1.29, 1.82) is 0 Å². The minimum atomic E-state index is -1.59. The summed E-state index contributed by atoms with van der Waals surface area (Å²) in [4.78, 5) is 11.8. The molecule has 0 radical (unpaired) electrons. The highest BCUT2D eigenvalue weighted by Gasteiger charge is 2.25. The number of carbonyl (C=O) groups excluding carboxylic acids is 1. The number of hydroxylamine groups is 1. The molecule has 0 saturated heterocycles. The van der Waals surface area contributed by atoms with E-state index < -0.39 is 17.1 Å². The van der Waals surface area contributed by atoms with Crippen molar-refractivity contribution < 1.29 is 13.3 Å². The van der Waals surface area contributed by atoms with Gasteiger partial charge in [-0.15, -0.1) is 0 Å². The van der Waals surface area contributed by atoms with E-state index in [9.17, 15) is 9.00 Å². The monoisotopic (exact) mass is 379 g/mol. The smallest absolute Gasteiger partial charge is 0.177 e. The molecule has 0 spiro atoms. The molecule has 0 amide bonds. The van der Waals surface area contributed by atoms with Crippen molar-refractivity contribution in [1.82, 2.24) is 5.48 Å². The first kappa shape index (κ1) is 19.2. The van der Waals surface area contributed by atoms with Gasteiger partial charge in [0.15, 0.2) is 11.1 Å². The molecule has 0 saturated carbocycles. The maximum atomic E-state index is 12.2. The summed E-state index contributed by atoms with van der Waals surface area (Å²) in [6.45, 7) is 0. The summed E-state index contributed by atoms with van der Waals surface area (Å²) in [5.41, 5.74) is 5.58. The minimum absolute atomic E-state index is 0.251. The van der Waals surface area contributed by atoms with Gasteiger partial charge >= 0.3 is 0 Å². The number of rotatable bonds is 9. The first-order valence-electron chi connectivity index (χ1n) is 8.68. The second kappa shape index (κ2) is 9.92. The summed E-state index contributed by atoms with van der Waals surface area (Å²) in [6.07, 6.45) is 0.796. The number of aldehydes is 1. The fourth-order valence-electron chi connectivity index (χ4n) is 2.95. The van der Waals surface area contributed by atoms with E-state index in [2.05, 4.69) is 5.48 Å². The molecule has 1 N–H and O–H groups in total. The summed E-state index contributed by atoms with van der Waals surface area (Å²) < 4.78 is 17.6. The van der Waals surface area contributed by atoms with Crippen molar-refractivity contribution in [2.45, 2.75) is 17.7 Å². The van der Waals surface area contributed by atoms with E-state index in [0.29, 0.717) is 0 Å². The van der Waals surface area contributed by atoms with Crippen molar-refractivity contribution in [2.75, 3.05) is 0 Å². The van der Waals surface area contributed by atoms with E-state index in [0.717, 1.165) is 23.0 Å². The van der Waals surface area contributed by atoms with Crippen LogP contribution in [0.4, 0.5) is 0 Å². The normalized spacial score (nSPS) is 13.2. The first-order chi connectivity index (χ1) is 13.3. The summed E-state index contributed by atoms with van der Waals surface area (Å²) >= 11 is -1.59. The van der Waals surface area contributed by atoms with E-state index in [-0.39, 0.29) is 11.7 Å². The zero-order chi connectivity index (χ0) is 18.9. The lowest BCUT2D eigenvalue weighted by atomic mass is 9.86. The van der Waals surface area contributed by atoms with Crippen LogP contribution >= 0.6 is 0 Å². The van der Waals surface area contributed by atoms with Gasteiger partial charge < -0.3 is 4.79 Å². The maximum Gasteiger partial charge on any atom is 0.177 e. The van der Waals surface area contributed by atoms with Gasteiger partial charge in [0.25, 0.3) is 0 Å². The average molecular weight is 379 g/mol. The molecule has 0 fully saturated rings. The van der Waals surface area contributed by atoms with Crippen LogP contribution in [0.1, 0.15) is 22.6 Å². The van der Waals surface area contributed by atoms with Gasteiger partial charge in [-0.1, -0.05) is 91.0 Å². The molecule has 138 valence electrons. The average Bonchev–Trinajstić information content (AvgIpc) is 2.73. The van der Waals surface area contributed by atoms with Crippen molar-refractivity contribution in [3.63, 3.8) is 0 Å². The van der Waals surface area contributed by atoms with Crippen LogP contribution in [0.5, 0.6) is 0 Å². The van der Waals surface area contributed by atoms with E-state index in [1.807, 2.05) is 91.0 Å². The van der Waals surface area contributed by atoms with Gasteiger partial charge in [-0.05, 0) is 16.7 Å². The maximum absolute atomic E-state index is 12.2. The Hall–Kier alpha value is -2.60. The van der Waals surface area contributed by atoms with Gasteiger partial charge in [-0.25, -0.2) is 4.21 Å². The molecule has 5 heteroatoms. The Morgan fingerprint density at radius 1 is 0.815 bits per heavy atom. The minimum Gasteiger partial charge on any atom is -0.302 e. The standard InChI is InChI=1S/C22H21NO3S/c24-16-21(23-26-27(25)17-18-10-4-1-5-11-18)22(19-12-6-2-7-13-19)20-14-8-3-9-15-20/h1-16,21-23H,17H2. The van der Waals surface area contributed by atoms with Crippen molar-refractivity contribution >= 4 is 17.4 Å². The van der Waals surface area contributed by atoms with Gasteiger partial charge in [-0.2, -0.15) is 9.76 Å². The van der Waals surface area contributed by atoms with E-state index in [1.54, 1.807) is 0 Å². The lowest BCUT2D eigenvalue weighted by Crippen LogP contribution is -2.37. The first-order valence-corrected chi connectivity index (χ1v) is 9.92. The molecule has 0 bridgehead atoms. The summed E-state index contributed by atoms with van der Waals surface area (Å²) in [5.74, 6) is -0.000521. The molecule has 27 heavy (non-hydrogen) atoms. The second-order valence-electron chi connectivity index (χ2n) is 6.10. The second-order valence-corrected chi connectivity index (χ2v) is 7.16. The molecule has 0 aliphatic carbocycles. The Labute approximate surface area is 161 Å². The lowest BCUT2D eigenvalue weighted by Gasteiger charge is -2.24. The molecule has 3 aromatic rings. The fraction of sp³-hybridized carbons (Fsp3) is 0.136. The molecule has 3 aromatic carbocycles. The van der Waals surface area contributed by atoms with Crippen LogP contribution in [-0.4, -0.2) is 16.5 Å². The molecular formula is C22H21NO3S. The van der Waals surface area contributed by atoms with E-state index >= 15 is 0 Å². The fourth-order valence-corrected chi connectivity index (χ4v) is 3.69. The van der Waals surface area contributed by atoms with Crippen LogP contribution in [0, 0.1) is 0 Å². The highest BCUT2D eigenvalue weighted by molar-refractivity contribution is 7.79. The van der Waals surface area contributed by atoms with Crippen molar-refractivity contribution in [3.05, 3.63) is 108 Å². The Morgan fingerprint density at radius 2 is 1.30 bits per heavy atom. The number of hydrogen-bond acceptors (Lipinski definition) is 4. The lowest BCUT2D eigenvalue weighted by molar-refractivity contribution is -0.111. The van der Waals surface area contributed by atoms with Crippen LogP contribution < -0.4 is 5.48 Å². The zero-order valence-corrected chi connectivity index (χ0v) is 15.5. The molecule has 4 nitrogen and oxygen atoms in total. The Balaban J connectivity index is 1.74. The molecule has 0 aliphatic rings. The largest absolute Gasteiger partial charge is 0.302 e. The third-order valence-corrected chi connectivity index (χ3v) is 5.08. The molecule has 0 aromatic heterocycles. The van der Waals surface area contributed by atoms with Gasteiger partial charge in [0.2, 0.25) is 0 Å². The summed E-state index contributed by atoms with van der Waals surface area (Å²) in [6, 6.07) is 28.2. The van der Waals surface area contributed by atoms with E-state index in [1.165, 1.54) is 0 Å². The molecule has 2 atom stereocenters. The molecular weight excluding hydrogens is 358 g/mol.